The smallest absolute Gasteiger partial charge is 0.324 e. The second kappa shape index (κ2) is 9.74. The van der Waals surface area contributed by atoms with Crippen molar-refractivity contribution in [1.82, 2.24) is 4.90 Å². The van der Waals surface area contributed by atoms with Crippen molar-refractivity contribution in [2.24, 2.45) is 0 Å². The van der Waals surface area contributed by atoms with Crippen LogP contribution in [-0.2, 0) is 0 Å². The van der Waals surface area contributed by atoms with Crippen LogP contribution < -0.4 is 9.64 Å². The molecular weight excluding hydrogens is 411 g/mol. The lowest BCUT2D eigenvalue weighted by atomic mass is 10.2. The van der Waals surface area contributed by atoms with E-state index in [0.29, 0.717) is 13.2 Å². The molecule has 1 saturated heterocycles. The van der Waals surface area contributed by atoms with Gasteiger partial charge in [-0.05, 0) is 61.4 Å². The monoisotopic (exact) mass is 434 g/mol. The minimum absolute atomic E-state index is 0.0141. The Kier molecular flexibility index (Phi) is 7.10. The minimum Gasteiger partial charge on any atom is -0.494 e. The number of anilines is 1. The summed E-state index contributed by atoms with van der Waals surface area (Å²) < 4.78 is 19.8. The molecule has 0 unspecified atom stereocenters. The van der Waals surface area contributed by atoms with Crippen LogP contribution in [0.15, 0.2) is 53.0 Å². The lowest BCUT2D eigenvalue weighted by molar-refractivity contribution is 0.219. The number of hydrogen-bond donors (Lipinski definition) is 0. The van der Waals surface area contributed by atoms with E-state index in [4.69, 9.17) is 4.74 Å². The molecule has 4 nitrogen and oxygen atoms in total. The fraction of sp³-hybridized carbons (Fsp3) is 0.381. The van der Waals surface area contributed by atoms with E-state index in [9.17, 15) is 9.18 Å². The van der Waals surface area contributed by atoms with Crippen molar-refractivity contribution in [3.05, 3.63) is 58.8 Å². The summed E-state index contributed by atoms with van der Waals surface area (Å²) >= 11 is 3.41. The van der Waals surface area contributed by atoms with E-state index in [1.165, 1.54) is 12.1 Å². The van der Waals surface area contributed by atoms with Gasteiger partial charge in [0.25, 0.3) is 0 Å². The Bertz CT molecular complexity index is 737. The van der Waals surface area contributed by atoms with Gasteiger partial charge >= 0.3 is 6.03 Å². The maximum atomic E-state index is 13.0. The molecule has 144 valence electrons. The van der Waals surface area contributed by atoms with Crippen molar-refractivity contribution in [1.29, 1.82) is 0 Å². The third-order valence-electron chi connectivity index (χ3n) is 4.64. The number of urea groups is 1. The lowest BCUT2D eigenvalue weighted by Gasteiger charge is -2.18. The van der Waals surface area contributed by atoms with Crippen LogP contribution in [0.25, 0.3) is 0 Å². The van der Waals surface area contributed by atoms with Gasteiger partial charge in [-0.2, -0.15) is 0 Å². The molecule has 1 aliphatic heterocycles. The van der Waals surface area contributed by atoms with Gasteiger partial charge < -0.3 is 9.64 Å². The van der Waals surface area contributed by atoms with Gasteiger partial charge in [0.1, 0.15) is 11.6 Å². The van der Waals surface area contributed by atoms with Crippen LogP contribution in [-0.4, -0.2) is 37.2 Å². The molecule has 0 atom stereocenters. The first kappa shape index (κ1) is 19.7. The number of carbonyl (C=O) groups excluding carboxylic acids is 1. The molecule has 2 aromatic rings. The molecule has 2 amide bonds. The van der Waals surface area contributed by atoms with Crippen LogP contribution in [0.4, 0.5) is 14.9 Å². The van der Waals surface area contributed by atoms with Crippen LogP contribution in [0, 0.1) is 5.82 Å². The summed E-state index contributed by atoms with van der Waals surface area (Å²) in [4.78, 5) is 16.1. The molecule has 1 fully saturated rings. The zero-order valence-electron chi connectivity index (χ0n) is 15.2. The Balaban J connectivity index is 1.30. The number of hydrogen-bond acceptors (Lipinski definition) is 2. The van der Waals surface area contributed by atoms with Gasteiger partial charge in [-0.3, -0.25) is 4.90 Å². The van der Waals surface area contributed by atoms with Gasteiger partial charge in [0.05, 0.1) is 6.61 Å². The van der Waals surface area contributed by atoms with Crippen molar-refractivity contribution >= 4 is 27.6 Å². The third kappa shape index (κ3) is 5.70. The van der Waals surface area contributed by atoms with E-state index in [1.54, 1.807) is 17.0 Å². The van der Waals surface area contributed by atoms with E-state index in [1.807, 2.05) is 29.2 Å². The Morgan fingerprint density at radius 2 is 1.63 bits per heavy atom. The predicted molar refractivity (Wildman–Crippen MR) is 109 cm³/mol. The van der Waals surface area contributed by atoms with E-state index in [0.717, 1.165) is 54.7 Å². The molecule has 0 aromatic heterocycles. The maximum absolute atomic E-state index is 13.0. The quantitative estimate of drug-likeness (QED) is 0.490. The SMILES string of the molecule is O=C1N(CCCCCCOc2ccc(Br)cc2)CCN1c1ccc(F)cc1. The van der Waals surface area contributed by atoms with E-state index in [-0.39, 0.29) is 11.8 Å². The largest absolute Gasteiger partial charge is 0.494 e. The van der Waals surface area contributed by atoms with E-state index < -0.39 is 0 Å². The van der Waals surface area contributed by atoms with Crippen LogP contribution in [0.1, 0.15) is 25.7 Å². The standard InChI is InChI=1S/C21H24BrFN2O2/c22-17-5-11-20(12-6-17)27-16-4-2-1-3-13-24-14-15-25(21(24)26)19-9-7-18(23)8-10-19/h5-12H,1-4,13-16H2. The van der Waals surface area contributed by atoms with Crippen LogP contribution in [0.3, 0.4) is 0 Å². The molecule has 1 heterocycles. The summed E-state index contributed by atoms with van der Waals surface area (Å²) in [7, 11) is 0. The Hall–Kier alpha value is -2.08. The zero-order chi connectivity index (χ0) is 19.1. The Morgan fingerprint density at radius 1 is 0.926 bits per heavy atom. The first-order chi connectivity index (χ1) is 13.1. The van der Waals surface area contributed by atoms with Crippen LogP contribution in [0.5, 0.6) is 5.75 Å². The molecule has 0 radical (unpaired) electrons. The van der Waals surface area contributed by atoms with Crippen molar-refractivity contribution < 1.29 is 13.9 Å². The van der Waals surface area contributed by atoms with Crippen LogP contribution >= 0.6 is 15.9 Å². The molecule has 0 N–H and O–H groups in total. The van der Waals surface area contributed by atoms with Gasteiger partial charge in [-0.15, -0.1) is 0 Å². The molecule has 6 heteroatoms. The molecule has 0 bridgehead atoms. The third-order valence-corrected chi connectivity index (χ3v) is 5.17. The summed E-state index contributed by atoms with van der Waals surface area (Å²) in [6.07, 6.45) is 4.15. The van der Waals surface area contributed by atoms with Gasteiger partial charge in [-0.1, -0.05) is 28.8 Å². The number of halogens is 2. The highest BCUT2D eigenvalue weighted by Crippen LogP contribution is 2.21. The summed E-state index contributed by atoms with van der Waals surface area (Å²) in [5, 5.41) is 0. The highest BCUT2D eigenvalue weighted by atomic mass is 79.9. The highest BCUT2D eigenvalue weighted by Gasteiger charge is 2.28. The average molecular weight is 435 g/mol. The Labute approximate surface area is 168 Å². The topological polar surface area (TPSA) is 32.8 Å². The fourth-order valence-electron chi connectivity index (χ4n) is 3.13. The van der Waals surface area contributed by atoms with Crippen molar-refractivity contribution in [3.63, 3.8) is 0 Å². The zero-order valence-corrected chi connectivity index (χ0v) is 16.8. The molecule has 0 aliphatic carbocycles. The van der Waals surface area contributed by atoms with Gasteiger partial charge in [0.2, 0.25) is 0 Å². The van der Waals surface area contributed by atoms with Crippen LogP contribution in [0.2, 0.25) is 0 Å². The number of amides is 2. The number of rotatable bonds is 9. The molecular formula is C21H24BrFN2O2. The number of unbranched alkanes of at least 4 members (excludes halogenated alkanes) is 3. The number of carbonyl (C=O) groups is 1. The maximum Gasteiger partial charge on any atom is 0.324 e. The van der Waals surface area contributed by atoms with Crippen molar-refractivity contribution in [3.8, 4) is 5.75 Å². The summed E-state index contributed by atoms with van der Waals surface area (Å²) in [6.45, 7) is 2.86. The molecule has 0 saturated carbocycles. The first-order valence-corrected chi connectivity index (χ1v) is 10.1. The molecule has 2 aromatic carbocycles. The number of benzene rings is 2. The van der Waals surface area contributed by atoms with Crippen molar-refractivity contribution in [2.75, 3.05) is 31.1 Å². The normalized spacial score (nSPS) is 14.1. The highest BCUT2D eigenvalue weighted by molar-refractivity contribution is 9.10. The lowest BCUT2D eigenvalue weighted by Crippen LogP contribution is -2.32. The molecule has 1 aliphatic rings. The second-order valence-electron chi connectivity index (χ2n) is 6.61. The van der Waals surface area contributed by atoms with E-state index >= 15 is 0 Å². The Morgan fingerprint density at radius 3 is 2.37 bits per heavy atom. The molecule has 0 spiro atoms. The molecule has 27 heavy (non-hydrogen) atoms. The van der Waals surface area contributed by atoms with E-state index in [2.05, 4.69) is 15.9 Å². The minimum atomic E-state index is -0.286. The predicted octanol–water partition coefficient (Wildman–Crippen LogP) is 5.47. The summed E-state index contributed by atoms with van der Waals surface area (Å²) in [5.41, 5.74) is 0.758. The second-order valence-corrected chi connectivity index (χ2v) is 7.53. The number of ether oxygens (including phenoxy) is 1. The number of nitrogens with zero attached hydrogens (tertiary/aromatic N) is 2. The van der Waals surface area contributed by atoms with Crippen molar-refractivity contribution in [2.45, 2.75) is 25.7 Å². The first-order valence-electron chi connectivity index (χ1n) is 9.34. The average Bonchev–Trinajstić information content (AvgIpc) is 3.04. The summed E-state index contributed by atoms with van der Waals surface area (Å²) in [6, 6.07) is 14.0. The molecule has 3 rings (SSSR count). The fourth-order valence-corrected chi connectivity index (χ4v) is 3.39. The van der Waals surface area contributed by atoms with Gasteiger partial charge in [0.15, 0.2) is 0 Å². The van der Waals surface area contributed by atoms with Gasteiger partial charge in [-0.25, -0.2) is 9.18 Å². The van der Waals surface area contributed by atoms with Gasteiger partial charge in [0, 0.05) is 29.8 Å². The summed E-state index contributed by atoms with van der Waals surface area (Å²) in [5.74, 6) is 0.605.